The summed E-state index contributed by atoms with van der Waals surface area (Å²) < 4.78 is 10.9. The van der Waals surface area contributed by atoms with Crippen LogP contribution in [0.25, 0.3) is 22.0 Å². The molecule has 2 aromatic carbocycles. The van der Waals surface area contributed by atoms with Crippen molar-refractivity contribution < 1.29 is 9.47 Å². The molecular weight excluding hydrogens is 414 g/mol. The van der Waals surface area contributed by atoms with Crippen molar-refractivity contribution in [2.24, 2.45) is 0 Å². The summed E-state index contributed by atoms with van der Waals surface area (Å²) in [5.41, 5.74) is 3.58. The molecule has 1 saturated heterocycles. The summed E-state index contributed by atoms with van der Waals surface area (Å²) in [7, 11) is 3.22. The van der Waals surface area contributed by atoms with E-state index >= 15 is 0 Å². The van der Waals surface area contributed by atoms with Crippen LogP contribution in [0.4, 0.5) is 5.95 Å². The van der Waals surface area contributed by atoms with Crippen molar-refractivity contribution in [3.8, 4) is 28.7 Å². The fourth-order valence-electron chi connectivity index (χ4n) is 4.04. The minimum Gasteiger partial charge on any atom is -0.496 e. The highest BCUT2D eigenvalue weighted by atomic mass is 35.5. The number of nitrogens with one attached hydrogen (secondary N) is 2. The van der Waals surface area contributed by atoms with Crippen LogP contribution in [0.2, 0.25) is 5.02 Å². The number of nitriles is 1. The third-order valence-corrected chi connectivity index (χ3v) is 6.02. The number of hydrogen-bond acceptors (Lipinski definition) is 7. The number of fused-ring (bicyclic) bond motifs is 1. The third-order valence-electron chi connectivity index (χ3n) is 5.64. The second-order valence-electron chi connectivity index (χ2n) is 7.61. The first-order chi connectivity index (χ1) is 15.0. The van der Waals surface area contributed by atoms with Crippen molar-refractivity contribution in [1.82, 2.24) is 15.3 Å². The van der Waals surface area contributed by atoms with Gasteiger partial charge >= 0.3 is 0 Å². The molecule has 2 heterocycles. The Balaban J connectivity index is 1.63. The Kier molecular flexibility index (Phi) is 6.12. The van der Waals surface area contributed by atoms with Crippen LogP contribution >= 0.6 is 11.6 Å². The van der Waals surface area contributed by atoms with Crippen molar-refractivity contribution in [2.45, 2.75) is 31.8 Å². The highest BCUT2D eigenvalue weighted by molar-refractivity contribution is 6.35. The highest BCUT2D eigenvalue weighted by Gasteiger charge is 2.24. The zero-order valence-corrected chi connectivity index (χ0v) is 18.5. The lowest BCUT2D eigenvalue weighted by molar-refractivity contribution is 0.393. The smallest absolute Gasteiger partial charge is 0.223 e. The van der Waals surface area contributed by atoms with E-state index in [2.05, 4.69) is 26.7 Å². The summed E-state index contributed by atoms with van der Waals surface area (Å²) >= 11 is 6.64. The molecule has 0 bridgehead atoms. The Labute approximate surface area is 186 Å². The molecule has 1 aromatic heterocycles. The molecule has 2 N–H and O–H groups in total. The Morgan fingerprint density at radius 3 is 2.81 bits per heavy atom. The number of methoxy groups -OCH3 is 2. The minimum atomic E-state index is 0.209. The van der Waals surface area contributed by atoms with Gasteiger partial charge in [-0.25, -0.2) is 9.97 Å². The summed E-state index contributed by atoms with van der Waals surface area (Å²) in [6.45, 7) is 2.77. The predicted molar refractivity (Wildman–Crippen MR) is 122 cm³/mol. The number of rotatable bonds is 6. The van der Waals surface area contributed by atoms with E-state index in [-0.39, 0.29) is 12.1 Å². The molecule has 0 spiro atoms. The fourth-order valence-corrected chi connectivity index (χ4v) is 4.42. The van der Waals surface area contributed by atoms with Gasteiger partial charge in [-0.3, -0.25) is 0 Å². The number of anilines is 1. The lowest BCUT2D eigenvalue weighted by atomic mass is 9.98. The van der Waals surface area contributed by atoms with Gasteiger partial charge in [0.05, 0.1) is 37.2 Å². The third kappa shape index (κ3) is 4.22. The van der Waals surface area contributed by atoms with E-state index in [0.717, 1.165) is 40.6 Å². The topological polar surface area (TPSA) is 92.1 Å². The molecule has 2 atom stereocenters. The van der Waals surface area contributed by atoms with Gasteiger partial charge in [-0.2, -0.15) is 5.26 Å². The molecule has 0 amide bonds. The van der Waals surface area contributed by atoms with Gasteiger partial charge in [-0.1, -0.05) is 17.7 Å². The molecule has 160 valence electrons. The zero-order chi connectivity index (χ0) is 22.0. The van der Waals surface area contributed by atoms with Gasteiger partial charge in [0.25, 0.3) is 0 Å². The molecule has 1 aliphatic rings. The fraction of sp³-hybridized carbons (Fsp3) is 0.348. The van der Waals surface area contributed by atoms with Crippen LogP contribution in [-0.4, -0.2) is 42.8 Å². The summed E-state index contributed by atoms with van der Waals surface area (Å²) in [4.78, 5) is 9.15. The van der Waals surface area contributed by atoms with E-state index in [1.807, 2.05) is 31.3 Å². The molecule has 0 saturated carbocycles. The first-order valence-electron chi connectivity index (χ1n) is 10.1. The second kappa shape index (κ2) is 8.96. The number of aromatic nitrogens is 2. The van der Waals surface area contributed by atoms with E-state index in [9.17, 15) is 0 Å². The van der Waals surface area contributed by atoms with E-state index in [4.69, 9.17) is 26.3 Å². The van der Waals surface area contributed by atoms with Crippen LogP contribution in [0, 0.1) is 18.3 Å². The average Bonchev–Trinajstić information content (AvgIpc) is 3.21. The van der Waals surface area contributed by atoms with Crippen LogP contribution in [0.1, 0.15) is 18.4 Å². The number of nitrogens with zero attached hydrogens (tertiary/aromatic N) is 3. The van der Waals surface area contributed by atoms with Gasteiger partial charge in [0.2, 0.25) is 5.95 Å². The summed E-state index contributed by atoms with van der Waals surface area (Å²) in [6, 6.07) is 10.4. The Hall–Kier alpha value is -3.08. The lowest BCUT2D eigenvalue weighted by Crippen LogP contribution is -2.23. The number of halogens is 1. The lowest BCUT2D eigenvalue weighted by Gasteiger charge is -2.16. The molecule has 31 heavy (non-hydrogen) atoms. The summed E-state index contributed by atoms with van der Waals surface area (Å²) in [5, 5.41) is 17.0. The highest BCUT2D eigenvalue weighted by Crippen LogP contribution is 2.43. The van der Waals surface area contributed by atoms with Crippen molar-refractivity contribution in [1.29, 1.82) is 5.26 Å². The number of hydrogen-bond donors (Lipinski definition) is 2. The van der Waals surface area contributed by atoms with Crippen molar-refractivity contribution in [3.05, 3.63) is 41.0 Å². The maximum Gasteiger partial charge on any atom is 0.223 e. The average molecular weight is 438 g/mol. The normalized spacial score (nSPS) is 18.0. The molecule has 2 unspecified atom stereocenters. The number of ether oxygens (including phenoxy) is 2. The quantitative estimate of drug-likeness (QED) is 0.592. The largest absolute Gasteiger partial charge is 0.496 e. The molecule has 0 aliphatic carbocycles. The monoisotopic (exact) mass is 437 g/mol. The summed E-state index contributed by atoms with van der Waals surface area (Å²) in [6.07, 6.45) is 3.20. The Morgan fingerprint density at radius 1 is 1.26 bits per heavy atom. The molecule has 8 heteroatoms. The molecular formula is C23H24ClN5O2. The maximum absolute atomic E-state index is 8.86. The van der Waals surface area contributed by atoms with E-state index in [0.29, 0.717) is 28.9 Å². The van der Waals surface area contributed by atoms with Crippen LogP contribution in [0.15, 0.2) is 30.5 Å². The molecule has 4 rings (SSSR count). The van der Waals surface area contributed by atoms with Gasteiger partial charge in [0, 0.05) is 47.4 Å². The van der Waals surface area contributed by atoms with E-state index in [1.54, 1.807) is 20.3 Å². The molecule has 3 aromatic rings. The number of benzene rings is 2. The van der Waals surface area contributed by atoms with Crippen LogP contribution in [0.3, 0.4) is 0 Å². The second-order valence-corrected chi connectivity index (χ2v) is 7.98. The van der Waals surface area contributed by atoms with Crippen LogP contribution in [0.5, 0.6) is 11.5 Å². The van der Waals surface area contributed by atoms with Gasteiger partial charge < -0.3 is 20.1 Å². The molecule has 1 fully saturated rings. The molecule has 7 nitrogen and oxygen atoms in total. The predicted octanol–water partition coefficient (Wildman–Crippen LogP) is 4.33. The zero-order valence-electron chi connectivity index (χ0n) is 17.7. The van der Waals surface area contributed by atoms with Crippen molar-refractivity contribution in [3.63, 3.8) is 0 Å². The van der Waals surface area contributed by atoms with Crippen LogP contribution in [-0.2, 0) is 0 Å². The van der Waals surface area contributed by atoms with Crippen molar-refractivity contribution in [2.75, 3.05) is 26.1 Å². The van der Waals surface area contributed by atoms with Gasteiger partial charge in [0.15, 0.2) is 0 Å². The van der Waals surface area contributed by atoms with Gasteiger partial charge in [0.1, 0.15) is 11.5 Å². The molecule has 0 radical (unpaired) electrons. The van der Waals surface area contributed by atoms with Crippen molar-refractivity contribution >= 4 is 28.5 Å². The SMILES string of the molecule is COc1cc(OC)c(Cl)c(-c2ccc3nc(NC4CNC(CC#N)C4)ncc3c2)c1C. The summed E-state index contributed by atoms with van der Waals surface area (Å²) in [5.74, 6) is 1.86. The standard InChI is InChI=1S/C23H24ClN5O2/c1-13-19(30-2)10-20(31-3)22(24)21(13)14-4-5-18-15(8-14)11-27-23(29-18)28-17-9-16(6-7-25)26-12-17/h4-5,8,10-11,16-17,26H,6,9,12H2,1-3H3,(H,27,28,29). The van der Waals surface area contributed by atoms with E-state index in [1.165, 1.54) is 0 Å². The minimum absolute atomic E-state index is 0.209. The van der Waals surface area contributed by atoms with E-state index < -0.39 is 0 Å². The van der Waals surface area contributed by atoms with Gasteiger partial charge in [-0.15, -0.1) is 0 Å². The first-order valence-corrected chi connectivity index (χ1v) is 10.5. The Bertz CT molecular complexity index is 1130. The first kappa shape index (κ1) is 21.2. The molecule has 1 aliphatic heterocycles. The Morgan fingerprint density at radius 2 is 2.06 bits per heavy atom. The van der Waals surface area contributed by atoms with Crippen LogP contribution < -0.4 is 20.1 Å². The van der Waals surface area contributed by atoms with Gasteiger partial charge in [-0.05, 0) is 31.0 Å². The maximum atomic E-state index is 8.86.